The number of ether oxygens (including phenoxy) is 3. The van der Waals surface area contributed by atoms with Gasteiger partial charge in [-0.2, -0.15) is 4.90 Å². The lowest BCUT2D eigenvalue weighted by molar-refractivity contribution is -0.114. The summed E-state index contributed by atoms with van der Waals surface area (Å²) in [6.45, 7) is 4.20. The summed E-state index contributed by atoms with van der Waals surface area (Å²) < 4.78 is 14.6. The van der Waals surface area contributed by atoms with Crippen molar-refractivity contribution in [3.8, 4) is 0 Å². The van der Waals surface area contributed by atoms with Gasteiger partial charge in [0.2, 0.25) is 5.91 Å². The molecule has 24 heavy (non-hydrogen) atoms. The molecular formula is C16H22N2O6. The molecule has 0 radical (unpaired) electrons. The van der Waals surface area contributed by atoms with Crippen LogP contribution in [-0.4, -0.2) is 45.5 Å². The molecule has 0 aliphatic rings. The molecule has 0 heterocycles. The van der Waals surface area contributed by atoms with Crippen molar-refractivity contribution in [2.45, 2.75) is 20.3 Å². The molecule has 3 amide bonds. The summed E-state index contributed by atoms with van der Waals surface area (Å²) >= 11 is 0. The Labute approximate surface area is 140 Å². The van der Waals surface area contributed by atoms with Crippen LogP contribution in [0.5, 0.6) is 0 Å². The number of imide groups is 1. The van der Waals surface area contributed by atoms with Crippen molar-refractivity contribution in [1.82, 2.24) is 0 Å². The standard InChI is InChI=1S/C16H22N2O6/c1-5-24-9-8-12-6-7-13(17-11(2)19)10-14(12)18(15(20)22-3)16(21)23-4/h6-7,10H,5,8-9H2,1-4H3,(H,17,19). The normalized spacial score (nSPS) is 10.0. The largest absolute Gasteiger partial charge is 0.452 e. The third-order valence-electron chi connectivity index (χ3n) is 3.08. The first kappa shape index (κ1) is 19.4. The number of methoxy groups -OCH3 is 2. The van der Waals surface area contributed by atoms with Gasteiger partial charge in [0.1, 0.15) is 0 Å². The maximum absolute atomic E-state index is 12.0. The first-order valence-corrected chi connectivity index (χ1v) is 7.38. The van der Waals surface area contributed by atoms with Crippen molar-refractivity contribution >= 4 is 29.5 Å². The van der Waals surface area contributed by atoms with Crippen molar-refractivity contribution in [3.05, 3.63) is 23.8 Å². The summed E-state index contributed by atoms with van der Waals surface area (Å²) in [6.07, 6.45) is -1.31. The van der Waals surface area contributed by atoms with Crippen molar-refractivity contribution in [3.63, 3.8) is 0 Å². The number of rotatable bonds is 6. The molecular weight excluding hydrogens is 316 g/mol. The number of anilines is 2. The van der Waals surface area contributed by atoms with Crippen LogP contribution < -0.4 is 10.2 Å². The van der Waals surface area contributed by atoms with E-state index < -0.39 is 12.2 Å². The van der Waals surface area contributed by atoms with Crippen LogP contribution in [-0.2, 0) is 25.4 Å². The lowest BCUT2D eigenvalue weighted by Crippen LogP contribution is -2.37. The lowest BCUT2D eigenvalue weighted by atomic mass is 10.1. The van der Waals surface area contributed by atoms with E-state index in [1.165, 1.54) is 13.0 Å². The van der Waals surface area contributed by atoms with E-state index in [0.29, 0.717) is 30.9 Å². The number of nitrogens with zero attached hydrogens (tertiary/aromatic N) is 1. The minimum atomic E-state index is -0.889. The van der Waals surface area contributed by atoms with Gasteiger partial charge in [0.05, 0.1) is 26.5 Å². The fourth-order valence-electron chi connectivity index (χ4n) is 2.04. The molecule has 132 valence electrons. The molecule has 0 aliphatic heterocycles. The maximum Gasteiger partial charge on any atom is 0.423 e. The SMILES string of the molecule is CCOCCc1ccc(NC(C)=O)cc1N(C(=O)OC)C(=O)OC. The van der Waals surface area contributed by atoms with Crippen LogP contribution in [0, 0.1) is 0 Å². The summed E-state index contributed by atoms with van der Waals surface area (Å²) in [6, 6.07) is 4.90. The van der Waals surface area contributed by atoms with Crippen LogP contribution in [0.3, 0.4) is 0 Å². The summed E-state index contributed by atoms with van der Waals surface area (Å²) in [5.74, 6) is -0.272. The number of carbonyl (C=O) groups is 3. The van der Waals surface area contributed by atoms with E-state index >= 15 is 0 Å². The summed E-state index contributed by atoms with van der Waals surface area (Å²) in [5.41, 5.74) is 1.38. The third-order valence-corrected chi connectivity index (χ3v) is 3.08. The molecule has 0 atom stereocenters. The molecule has 0 aliphatic carbocycles. The van der Waals surface area contributed by atoms with Crippen LogP contribution in [0.2, 0.25) is 0 Å². The van der Waals surface area contributed by atoms with Gasteiger partial charge in [0.15, 0.2) is 0 Å². The molecule has 0 saturated carbocycles. The van der Waals surface area contributed by atoms with E-state index in [0.717, 1.165) is 19.1 Å². The van der Waals surface area contributed by atoms with Gasteiger partial charge in [-0.05, 0) is 31.0 Å². The molecule has 0 unspecified atom stereocenters. The van der Waals surface area contributed by atoms with E-state index in [1.54, 1.807) is 12.1 Å². The molecule has 8 heteroatoms. The molecule has 8 nitrogen and oxygen atoms in total. The summed E-state index contributed by atoms with van der Waals surface area (Å²) in [5, 5.41) is 2.61. The van der Waals surface area contributed by atoms with Gasteiger partial charge < -0.3 is 19.5 Å². The number of hydrogen-bond acceptors (Lipinski definition) is 6. The van der Waals surface area contributed by atoms with Crippen LogP contribution in [0.1, 0.15) is 19.4 Å². The van der Waals surface area contributed by atoms with Gasteiger partial charge in [-0.1, -0.05) is 6.07 Å². The number of hydrogen-bond donors (Lipinski definition) is 1. The zero-order valence-electron chi connectivity index (χ0n) is 14.3. The molecule has 0 saturated heterocycles. The predicted octanol–water partition coefficient (Wildman–Crippen LogP) is 2.56. The first-order valence-electron chi connectivity index (χ1n) is 7.38. The second-order valence-electron chi connectivity index (χ2n) is 4.75. The Morgan fingerprint density at radius 2 is 1.75 bits per heavy atom. The number of benzene rings is 1. The minimum absolute atomic E-state index is 0.264. The Balaban J connectivity index is 3.30. The monoisotopic (exact) mass is 338 g/mol. The predicted molar refractivity (Wildman–Crippen MR) is 88.2 cm³/mol. The van der Waals surface area contributed by atoms with Gasteiger partial charge in [-0.3, -0.25) is 4.79 Å². The lowest BCUT2D eigenvalue weighted by Gasteiger charge is -2.22. The molecule has 1 aromatic rings. The van der Waals surface area contributed by atoms with Crippen LogP contribution in [0.25, 0.3) is 0 Å². The van der Waals surface area contributed by atoms with E-state index in [2.05, 4.69) is 14.8 Å². The Kier molecular flexibility index (Phi) is 7.70. The highest BCUT2D eigenvalue weighted by Crippen LogP contribution is 2.27. The van der Waals surface area contributed by atoms with E-state index in [4.69, 9.17) is 4.74 Å². The van der Waals surface area contributed by atoms with Crippen molar-refractivity contribution in [2.75, 3.05) is 37.7 Å². The third kappa shape index (κ3) is 5.24. The molecule has 0 spiro atoms. The minimum Gasteiger partial charge on any atom is -0.452 e. The van der Waals surface area contributed by atoms with Gasteiger partial charge in [0, 0.05) is 19.2 Å². The molecule has 1 rings (SSSR count). The fraction of sp³-hybridized carbons (Fsp3) is 0.438. The van der Waals surface area contributed by atoms with Gasteiger partial charge in [-0.15, -0.1) is 0 Å². The molecule has 0 fully saturated rings. The summed E-state index contributed by atoms with van der Waals surface area (Å²) in [4.78, 5) is 36.0. The second kappa shape index (κ2) is 9.51. The van der Waals surface area contributed by atoms with Crippen molar-refractivity contribution in [1.29, 1.82) is 0 Å². The summed E-state index contributed by atoms with van der Waals surface area (Å²) in [7, 11) is 2.33. The van der Waals surface area contributed by atoms with Crippen molar-refractivity contribution < 1.29 is 28.6 Å². The van der Waals surface area contributed by atoms with Crippen LogP contribution in [0.15, 0.2) is 18.2 Å². The second-order valence-corrected chi connectivity index (χ2v) is 4.75. The smallest absolute Gasteiger partial charge is 0.423 e. The topological polar surface area (TPSA) is 94.2 Å². The molecule has 1 N–H and O–H groups in total. The van der Waals surface area contributed by atoms with Crippen molar-refractivity contribution in [2.24, 2.45) is 0 Å². The number of amides is 3. The van der Waals surface area contributed by atoms with Gasteiger partial charge in [-0.25, -0.2) is 9.59 Å². The molecule has 0 aromatic heterocycles. The zero-order valence-corrected chi connectivity index (χ0v) is 14.3. The van der Waals surface area contributed by atoms with E-state index in [9.17, 15) is 14.4 Å². The van der Waals surface area contributed by atoms with Gasteiger partial charge in [0.25, 0.3) is 0 Å². The highest BCUT2D eigenvalue weighted by Gasteiger charge is 2.27. The number of nitrogens with one attached hydrogen (secondary N) is 1. The molecule has 1 aromatic carbocycles. The van der Waals surface area contributed by atoms with E-state index in [1.807, 2.05) is 6.92 Å². The quantitative estimate of drug-likeness (QED) is 0.801. The fourth-order valence-corrected chi connectivity index (χ4v) is 2.04. The van der Waals surface area contributed by atoms with Crippen LogP contribution in [0.4, 0.5) is 21.0 Å². The first-order chi connectivity index (χ1) is 11.4. The average molecular weight is 338 g/mol. The van der Waals surface area contributed by atoms with Gasteiger partial charge >= 0.3 is 12.2 Å². The zero-order chi connectivity index (χ0) is 18.1. The highest BCUT2D eigenvalue weighted by atomic mass is 16.6. The Hall–Kier alpha value is -2.61. The Morgan fingerprint density at radius 1 is 1.12 bits per heavy atom. The average Bonchev–Trinajstić information content (AvgIpc) is 2.56. The van der Waals surface area contributed by atoms with Crippen LogP contribution >= 0.6 is 0 Å². The maximum atomic E-state index is 12.0. The highest BCUT2D eigenvalue weighted by molar-refractivity contribution is 6.10. The molecule has 0 bridgehead atoms. The van der Waals surface area contributed by atoms with E-state index in [-0.39, 0.29) is 11.6 Å². The Morgan fingerprint density at radius 3 is 2.25 bits per heavy atom. The number of carbonyl (C=O) groups excluding carboxylic acids is 3. The Bertz CT molecular complexity index is 586.